The number of carbonyl (C=O) groups is 1. The van der Waals surface area contributed by atoms with Gasteiger partial charge in [-0.15, -0.1) is 0 Å². The van der Waals surface area contributed by atoms with E-state index < -0.39 is 5.41 Å². The van der Waals surface area contributed by atoms with Crippen LogP contribution in [0.1, 0.15) is 43.0 Å². The van der Waals surface area contributed by atoms with Gasteiger partial charge in [-0.2, -0.15) is 10.5 Å². The van der Waals surface area contributed by atoms with Crippen molar-refractivity contribution in [3.8, 4) is 23.4 Å². The summed E-state index contributed by atoms with van der Waals surface area (Å²) in [5.74, 6) is -0.0806. The first-order valence-electron chi connectivity index (χ1n) is 11.3. The van der Waals surface area contributed by atoms with E-state index in [2.05, 4.69) is 32.7 Å². The Bertz CT molecular complexity index is 1390. The van der Waals surface area contributed by atoms with E-state index in [1.807, 2.05) is 26.0 Å². The zero-order valence-corrected chi connectivity index (χ0v) is 20.1. The lowest BCUT2D eigenvalue weighted by Crippen LogP contribution is -2.32. The van der Waals surface area contributed by atoms with Crippen LogP contribution in [0.25, 0.3) is 11.3 Å². The van der Waals surface area contributed by atoms with E-state index in [0.717, 1.165) is 28.1 Å². The monoisotopic (exact) mass is 466 g/mol. The minimum absolute atomic E-state index is 0.210. The van der Waals surface area contributed by atoms with Gasteiger partial charge in [-0.05, 0) is 48.4 Å². The summed E-state index contributed by atoms with van der Waals surface area (Å²) in [7, 11) is 0. The molecule has 0 saturated heterocycles. The maximum absolute atomic E-state index is 12.1. The second kappa shape index (κ2) is 9.44. The molecule has 1 atom stereocenters. The average Bonchev–Trinajstić information content (AvgIpc) is 3.20. The Balaban J connectivity index is 1.69. The van der Waals surface area contributed by atoms with Gasteiger partial charge in [-0.3, -0.25) is 4.79 Å². The van der Waals surface area contributed by atoms with Crippen molar-refractivity contribution in [2.24, 2.45) is 5.92 Å². The molecule has 1 aliphatic heterocycles. The highest BCUT2D eigenvalue weighted by atomic mass is 16.5. The molecule has 0 fully saturated rings. The summed E-state index contributed by atoms with van der Waals surface area (Å²) in [4.78, 5) is 21.1. The molecule has 0 spiro atoms. The molecule has 2 heterocycles. The zero-order valence-electron chi connectivity index (χ0n) is 20.1. The van der Waals surface area contributed by atoms with Gasteiger partial charge in [0.1, 0.15) is 12.7 Å². The van der Waals surface area contributed by atoms with Gasteiger partial charge < -0.3 is 15.4 Å². The molecule has 3 aromatic rings. The SMILES string of the molecule is Cc1ccc(C#N)cc1Nc1nccc(-c2cc(C#N)c3c(c2)[C@@](C)(COC(=O)C(C)C)CN3)n1. The highest BCUT2D eigenvalue weighted by Crippen LogP contribution is 2.41. The van der Waals surface area contributed by atoms with Crippen molar-refractivity contribution in [1.82, 2.24) is 9.97 Å². The molecular formula is C27H26N6O2. The number of nitriles is 2. The molecule has 1 aromatic heterocycles. The van der Waals surface area contributed by atoms with Gasteiger partial charge in [-0.25, -0.2) is 9.97 Å². The third kappa shape index (κ3) is 4.78. The van der Waals surface area contributed by atoms with Crippen LogP contribution in [0.2, 0.25) is 0 Å². The van der Waals surface area contributed by atoms with Crippen molar-refractivity contribution < 1.29 is 9.53 Å². The van der Waals surface area contributed by atoms with E-state index in [4.69, 9.17) is 4.74 Å². The lowest BCUT2D eigenvalue weighted by Gasteiger charge is -2.24. The predicted molar refractivity (Wildman–Crippen MR) is 133 cm³/mol. The van der Waals surface area contributed by atoms with Crippen molar-refractivity contribution in [2.75, 3.05) is 23.8 Å². The van der Waals surface area contributed by atoms with Gasteiger partial charge in [0.15, 0.2) is 0 Å². The van der Waals surface area contributed by atoms with Crippen LogP contribution in [-0.2, 0) is 14.9 Å². The zero-order chi connectivity index (χ0) is 25.2. The number of hydrogen-bond donors (Lipinski definition) is 2. The molecule has 0 saturated carbocycles. The van der Waals surface area contributed by atoms with E-state index in [1.165, 1.54) is 0 Å². The first-order chi connectivity index (χ1) is 16.7. The van der Waals surface area contributed by atoms with Gasteiger partial charge in [0.25, 0.3) is 0 Å². The molecular weight excluding hydrogens is 440 g/mol. The Morgan fingerprint density at radius 3 is 2.74 bits per heavy atom. The third-order valence-corrected chi connectivity index (χ3v) is 6.13. The van der Waals surface area contributed by atoms with Gasteiger partial charge in [0.2, 0.25) is 5.95 Å². The van der Waals surface area contributed by atoms with Crippen LogP contribution in [0.15, 0.2) is 42.6 Å². The number of nitrogens with zero attached hydrogens (tertiary/aromatic N) is 4. The number of ether oxygens (including phenoxy) is 1. The number of anilines is 3. The summed E-state index contributed by atoms with van der Waals surface area (Å²) in [6.07, 6.45) is 1.65. The highest BCUT2D eigenvalue weighted by molar-refractivity contribution is 5.77. The van der Waals surface area contributed by atoms with E-state index in [-0.39, 0.29) is 18.5 Å². The lowest BCUT2D eigenvalue weighted by atomic mass is 9.83. The van der Waals surface area contributed by atoms with Gasteiger partial charge in [0.05, 0.1) is 34.5 Å². The Kier molecular flexibility index (Phi) is 6.40. The molecule has 1 aliphatic rings. The minimum atomic E-state index is -0.482. The van der Waals surface area contributed by atoms with Crippen molar-refractivity contribution in [3.05, 3.63) is 64.8 Å². The normalized spacial score (nSPS) is 16.1. The van der Waals surface area contributed by atoms with E-state index in [1.54, 1.807) is 44.3 Å². The molecule has 35 heavy (non-hydrogen) atoms. The highest BCUT2D eigenvalue weighted by Gasteiger charge is 2.38. The summed E-state index contributed by atoms with van der Waals surface area (Å²) < 4.78 is 5.56. The fraction of sp³-hybridized carbons (Fsp3) is 0.296. The van der Waals surface area contributed by atoms with Crippen molar-refractivity contribution >= 4 is 23.3 Å². The number of rotatable bonds is 6. The number of carbonyl (C=O) groups excluding carboxylic acids is 1. The smallest absolute Gasteiger partial charge is 0.308 e. The molecule has 8 heteroatoms. The molecule has 4 rings (SSSR count). The second-order valence-electron chi connectivity index (χ2n) is 9.27. The molecule has 176 valence electrons. The van der Waals surface area contributed by atoms with Gasteiger partial charge >= 0.3 is 5.97 Å². The van der Waals surface area contributed by atoms with Crippen LogP contribution in [-0.4, -0.2) is 29.1 Å². The van der Waals surface area contributed by atoms with Gasteiger partial charge in [0, 0.05) is 29.4 Å². The molecule has 0 aliphatic carbocycles. The van der Waals surface area contributed by atoms with Crippen LogP contribution in [0.3, 0.4) is 0 Å². The maximum atomic E-state index is 12.1. The maximum Gasteiger partial charge on any atom is 0.308 e. The first-order valence-corrected chi connectivity index (χ1v) is 11.3. The predicted octanol–water partition coefficient (Wildman–Crippen LogP) is 4.82. The van der Waals surface area contributed by atoms with E-state index in [9.17, 15) is 15.3 Å². The van der Waals surface area contributed by atoms with Crippen LogP contribution in [0.4, 0.5) is 17.3 Å². The van der Waals surface area contributed by atoms with Crippen LogP contribution < -0.4 is 10.6 Å². The Morgan fingerprint density at radius 2 is 2.03 bits per heavy atom. The number of benzene rings is 2. The van der Waals surface area contributed by atoms with Crippen molar-refractivity contribution in [2.45, 2.75) is 33.1 Å². The topological polar surface area (TPSA) is 124 Å². The number of nitrogens with one attached hydrogen (secondary N) is 2. The molecule has 0 unspecified atom stereocenters. The molecule has 8 nitrogen and oxygen atoms in total. The number of aromatic nitrogens is 2. The lowest BCUT2D eigenvalue weighted by molar-refractivity contribution is -0.148. The minimum Gasteiger partial charge on any atom is -0.464 e. The van der Waals surface area contributed by atoms with E-state index in [0.29, 0.717) is 29.3 Å². The van der Waals surface area contributed by atoms with Crippen molar-refractivity contribution in [1.29, 1.82) is 10.5 Å². The number of aryl methyl sites for hydroxylation is 1. The van der Waals surface area contributed by atoms with Crippen LogP contribution >= 0.6 is 0 Å². The Labute approximate surface area is 204 Å². The summed E-state index contributed by atoms with van der Waals surface area (Å²) >= 11 is 0. The molecule has 2 aromatic carbocycles. The Morgan fingerprint density at radius 1 is 1.23 bits per heavy atom. The van der Waals surface area contributed by atoms with Crippen molar-refractivity contribution in [3.63, 3.8) is 0 Å². The molecule has 0 amide bonds. The quantitative estimate of drug-likeness (QED) is 0.496. The summed E-state index contributed by atoms with van der Waals surface area (Å²) in [5.41, 5.74) is 5.34. The van der Waals surface area contributed by atoms with Crippen LogP contribution in [0.5, 0.6) is 0 Å². The molecule has 0 bridgehead atoms. The number of fused-ring (bicyclic) bond motifs is 1. The summed E-state index contributed by atoms with van der Waals surface area (Å²) in [6.45, 7) is 8.32. The second-order valence-corrected chi connectivity index (χ2v) is 9.27. The van der Waals surface area contributed by atoms with E-state index >= 15 is 0 Å². The number of hydrogen-bond acceptors (Lipinski definition) is 8. The molecule has 2 N–H and O–H groups in total. The average molecular weight is 467 g/mol. The number of esters is 1. The fourth-order valence-corrected chi connectivity index (χ4v) is 3.98. The molecule has 0 radical (unpaired) electrons. The van der Waals surface area contributed by atoms with Crippen LogP contribution in [0, 0.1) is 35.5 Å². The third-order valence-electron chi connectivity index (χ3n) is 6.13. The first kappa shape index (κ1) is 23.7. The summed E-state index contributed by atoms with van der Waals surface area (Å²) in [6, 6.07) is 15.4. The van der Waals surface area contributed by atoms with Gasteiger partial charge in [-0.1, -0.05) is 26.8 Å². The Hall–Kier alpha value is -4.43. The largest absolute Gasteiger partial charge is 0.464 e. The fourth-order valence-electron chi connectivity index (χ4n) is 3.98. The summed E-state index contributed by atoms with van der Waals surface area (Å²) in [5, 5.41) is 25.5. The standard InChI is InChI=1S/C27H26N6O2/c1-16(2)25(34)35-15-27(4)14-31-24-20(13-29)10-19(11-21(24)27)22-7-8-30-26(32-22)33-23-9-18(12-28)6-5-17(23)3/h5-11,16,31H,14-15H2,1-4H3,(H,30,32,33)/t27-/m1/s1.